The van der Waals surface area contributed by atoms with Crippen LogP contribution in [0.1, 0.15) is 42.4 Å². The maximum atomic E-state index is 12.3. The van der Waals surface area contributed by atoms with Crippen LogP contribution in [0, 0.1) is 5.92 Å². The second kappa shape index (κ2) is 12.4. The highest BCUT2D eigenvalue weighted by atomic mass is 32.1. The van der Waals surface area contributed by atoms with Crippen molar-refractivity contribution in [2.45, 2.75) is 33.4 Å². The normalized spacial score (nSPS) is 14.3. The van der Waals surface area contributed by atoms with Crippen molar-refractivity contribution in [3.63, 3.8) is 0 Å². The number of nitrogens with two attached hydrogens (primary N) is 1. The van der Waals surface area contributed by atoms with Gasteiger partial charge in [-0.3, -0.25) is 15.1 Å². The summed E-state index contributed by atoms with van der Waals surface area (Å²) < 4.78 is 12.3. The summed E-state index contributed by atoms with van der Waals surface area (Å²) in [7, 11) is -1.34. The maximum absolute atomic E-state index is 12.3. The SMILES string of the molecule is C\C=C/C=C\C=C(\OP(N)Cc1ccc2sc(C=O)cc2c1)[C@@H](C)C(=O)OCCC. The van der Waals surface area contributed by atoms with Crippen molar-refractivity contribution in [2.75, 3.05) is 6.61 Å². The van der Waals surface area contributed by atoms with E-state index in [0.717, 1.165) is 28.4 Å². The number of benzene rings is 1. The van der Waals surface area contributed by atoms with Gasteiger partial charge in [-0.15, -0.1) is 11.3 Å². The number of allylic oxidation sites excluding steroid dienone is 5. The van der Waals surface area contributed by atoms with Crippen molar-refractivity contribution in [3.05, 3.63) is 70.8 Å². The average Bonchev–Trinajstić information content (AvgIpc) is 3.16. The molecule has 2 aromatic rings. The van der Waals surface area contributed by atoms with Crippen molar-refractivity contribution in [3.8, 4) is 0 Å². The number of hydrogen-bond donors (Lipinski definition) is 1. The van der Waals surface area contributed by atoms with Gasteiger partial charge in [0.05, 0.1) is 11.5 Å². The minimum atomic E-state index is -1.34. The van der Waals surface area contributed by atoms with Gasteiger partial charge in [0, 0.05) is 10.9 Å². The Morgan fingerprint density at radius 3 is 2.77 bits per heavy atom. The van der Waals surface area contributed by atoms with Gasteiger partial charge in [0.15, 0.2) is 14.6 Å². The van der Waals surface area contributed by atoms with E-state index in [-0.39, 0.29) is 5.97 Å². The van der Waals surface area contributed by atoms with Gasteiger partial charge in [-0.25, -0.2) is 0 Å². The number of aldehydes is 1. The number of carbonyl (C=O) groups excluding carboxylic acids is 2. The molecular formula is C23H28NO4PS. The fourth-order valence-corrected chi connectivity index (χ4v) is 4.61. The van der Waals surface area contributed by atoms with E-state index in [1.165, 1.54) is 11.3 Å². The molecule has 0 aliphatic heterocycles. The molecule has 5 nitrogen and oxygen atoms in total. The third-order valence-electron chi connectivity index (χ3n) is 4.18. The molecule has 1 aromatic carbocycles. The monoisotopic (exact) mass is 445 g/mol. The molecular weight excluding hydrogens is 417 g/mol. The summed E-state index contributed by atoms with van der Waals surface area (Å²) in [6.45, 7) is 6.02. The summed E-state index contributed by atoms with van der Waals surface area (Å²) in [4.78, 5) is 24.0. The van der Waals surface area contributed by atoms with Crippen LogP contribution in [0.2, 0.25) is 0 Å². The lowest BCUT2D eigenvalue weighted by molar-refractivity contribution is -0.147. The third-order valence-corrected chi connectivity index (χ3v) is 6.34. The Bertz CT molecular complexity index is 948. The molecule has 30 heavy (non-hydrogen) atoms. The second-order valence-corrected chi connectivity index (χ2v) is 9.12. The number of fused-ring (bicyclic) bond motifs is 1. The minimum Gasteiger partial charge on any atom is -0.465 e. The molecule has 2 atom stereocenters. The Kier molecular flexibility index (Phi) is 9.95. The molecule has 0 radical (unpaired) electrons. The lowest BCUT2D eigenvalue weighted by atomic mass is 10.1. The Morgan fingerprint density at radius 1 is 1.27 bits per heavy atom. The van der Waals surface area contributed by atoms with Gasteiger partial charge >= 0.3 is 5.97 Å². The van der Waals surface area contributed by atoms with E-state index in [1.54, 1.807) is 13.0 Å². The van der Waals surface area contributed by atoms with E-state index < -0.39 is 14.2 Å². The number of rotatable bonds is 11. The van der Waals surface area contributed by atoms with Gasteiger partial charge in [-0.1, -0.05) is 37.3 Å². The Morgan fingerprint density at radius 2 is 2.07 bits per heavy atom. The quantitative estimate of drug-likeness (QED) is 0.148. The molecule has 0 amide bonds. The molecule has 2 N–H and O–H groups in total. The molecule has 0 saturated carbocycles. The zero-order valence-corrected chi connectivity index (χ0v) is 19.2. The summed E-state index contributed by atoms with van der Waals surface area (Å²) in [5.74, 6) is -0.382. The molecule has 0 bridgehead atoms. The van der Waals surface area contributed by atoms with Crippen LogP contribution in [0.3, 0.4) is 0 Å². The Labute approximate surface area is 183 Å². The second-order valence-electron chi connectivity index (χ2n) is 6.67. The van der Waals surface area contributed by atoms with Crippen molar-refractivity contribution >= 4 is 42.0 Å². The summed E-state index contributed by atoms with van der Waals surface area (Å²) >= 11 is 1.46. The van der Waals surface area contributed by atoms with E-state index in [9.17, 15) is 9.59 Å². The van der Waals surface area contributed by atoms with Gasteiger partial charge in [-0.05, 0) is 55.5 Å². The summed E-state index contributed by atoms with van der Waals surface area (Å²) in [5, 5.41) is 1.02. The molecule has 0 aliphatic rings. The number of hydrogen-bond acceptors (Lipinski definition) is 6. The molecule has 2 rings (SSSR count). The fraction of sp³-hybridized carbons (Fsp3) is 0.304. The van der Waals surface area contributed by atoms with Crippen molar-refractivity contribution in [1.82, 2.24) is 0 Å². The molecule has 1 unspecified atom stereocenters. The van der Waals surface area contributed by atoms with Crippen molar-refractivity contribution in [1.29, 1.82) is 0 Å². The van der Waals surface area contributed by atoms with Crippen LogP contribution in [-0.2, 0) is 20.2 Å². The van der Waals surface area contributed by atoms with Crippen molar-refractivity contribution in [2.24, 2.45) is 11.4 Å². The molecule has 0 saturated heterocycles. The third kappa shape index (κ3) is 7.21. The standard InChI is InChI=1S/C23H28NO4PS/c1-4-6-7-8-9-21(17(3)23(26)27-12-5-2)28-29(24)16-18-10-11-22-19(13-18)14-20(15-25)30-22/h4,6-11,13-15,17H,5,12,16,24H2,1-3H3/b6-4-,8-7-,21-9+/t17-,29?/m1/s1. The number of esters is 1. The summed E-state index contributed by atoms with van der Waals surface area (Å²) in [6.07, 6.45) is 11.4. The number of thiophene rings is 1. The van der Waals surface area contributed by atoms with Crippen LogP contribution >= 0.6 is 19.6 Å². The fourth-order valence-electron chi connectivity index (χ4n) is 2.64. The van der Waals surface area contributed by atoms with E-state index in [1.807, 2.05) is 62.4 Å². The minimum absolute atomic E-state index is 0.327. The van der Waals surface area contributed by atoms with Crippen LogP contribution in [0.4, 0.5) is 0 Å². The van der Waals surface area contributed by atoms with Crippen LogP contribution in [0.15, 0.2) is 60.4 Å². The maximum Gasteiger partial charge on any atom is 0.316 e. The first-order valence-corrected chi connectivity index (χ1v) is 12.2. The van der Waals surface area contributed by atoms with Crippen LogP contribution in [0.25, 0.3) is 10.1 Å². The van der Waals surface area contributed by atoms with E-state index in [2.05, 4.69) is 0 Å². The van der Waals surface area contributed by atoms with E-state index in [4.69, 9.17) is 14.8 Å². The molecule has 0 spiro atoms. The van der Waals surface area contributed by atoms with Gasteiger partial charge < -0.3 is 9.26 Å². The molecule has 7 heteroatoms. The highest BCUT2D eigenvalue weighted by molar-refractivity contribution is 7.49. The zero-order chi connectivity index (χ0) is 21.9. The molecule has 160 valence electrons. The lowest BCUT2D eigenvalue weighted by Crippen LogP contribution is -2.19. The van der Waals surface area contributed by atoms with Crippen molar-refractivity contribution < 1.29 is 18.8 Å². The van der Waals surface area contributed by atoms with E-state index in [0.29, 0.717) is 23.4 Å². The topological polar surface area (TPSA) is 78.6 Å². The summed E-state index contributed by atoms with van der Waals surface area (Å²) in [6, 6.07) is 7.89. The highest BCUT2D eigenvalue weighted by Gasteiger charge is 2.22. The predicted molar refractivity (Wildman–Crippen MR) is 126 cm³/mol. The average molecular weight is 446 g/mol. The Hall–Kier alpha value is -2.27. The van der Waals surface area contributed by atoms with Crippen LogP contribution < -0.4 is 5.50 Å². The largest absolute Gasteiger partial charge is 0.465 e. The first-order valence-electron chi connectivity index (χ1n) is 9.82. The smallest absolute Gasteiger partial charge is 0.316 e. The predicted octanol–water partition coefficient (Wildman–Crippen LogP) is 6.11. The van der Waals surface area contributed by atoms with Crippen LogP contribution in [-0.4, -0.2) is 18.9 Å². The summed E-state index contributed by atoms with van der Waals surface area (Å²) in [5.41, 5.74) is 7.33. The van der Waals surface area contributed by atoms with Gasteiger partial charge in [0.25, 0.3) is 0 Å². The van der Waals surface area contributed by atoms with Gasteiger partial charge in [0.1, 0.15) is 11.7 Å². The molecule has 1 heterocycles. The first kappa shape index (κ1) is 24.0. The van der Waals surface area contributed by atoms with Gasteiger partial charge in [-0.2, -0.15) is 0 Å². The lowest BCUT2D eigenvalue weighted by Gasteiger charge is -2.20. The molecule has 1 aromatic heterocycles. The van der Waals surface area contributed by atoms with Gasteiger partial charge in [0.2, 0.25) is 0 Å². The van der Waals surface area contributed by atoms with E-state index >= 15 is 0 Å². The van der Waals surface area contributed by atoms with Crippen LogP contribution in [0.5, 0.6) is 0 Å². The number of ether oxygens (including phenoxy) is 1. The zero-order valence-electron chi connectivity index (χ0n) is 17.5. The Balaban J connectivity index is 2.12. The molecule has 0 fully saturated rings. The highest BCUT2D eigenvalue weighted by Crippen LogP contribution is 2.38. The first-order chi connectivity index (χ1) is 14.5. The molecule has 0 aliphatic carbocycles. The number of carbonyl (C=O) groups is 2.